The van der Waals surface area contributed by atoms with Crippen LogP contribution in [0.15, 0.2) is 18.2 Å². The van der Waals surface area contributed by atoms with Crippen LogP contribution in [0.4, 0.5) is 4.39 Å². The largest absolute Gasteiger partial charge is 0.341 e. The van der Waals surface area contributed by atoms with Crippen LogP contribution in [0.25, 0.3) is 0 Å². The van der Waals surface area contributed by atoms with E-state index in [-0.39, 0.29) is 24.3 Å². The SMILES string of the molecule is CN(Cc1c(F)cccc1Cl)C(=O)CC1CSCCN1. The van der Waals surface area contributed by atoms with Gasteiger partial charge in [0.1, 0.15) is 5.82 Å². The van der Waals surface area contributed by atoms with E-state index in [9.17, 15) is 9.18 Å². The van der Waals surface area contributed by atoms with Crippen LogP contribution in [0.1, 0.15) is 12.0 Å². The normalized spacial score (nSPS) is 18.9. The van der Waals surface area contributed by atoms with Crippen LogP contribution in [0, 0.1) is 5.82 Å². The lowest BCUT2D eigenvalue weighted by atomic mass is 10.1. The summed E-state index contributed by atoms with van der Waals surface area (Å²) in [7, 11) is 1.68. The lowest BCUT2D eigenvalue weighted by Gasteiger charge is -2.25. The lowest BCUT2D eigenvalue weighted by Crippen LogP contribution is -2.41. The molecule has 1 atom stereocenters. The Kier molecular flexibility index (Phi) is 5.69. The third-order valence-corrected chi connectivity index (χ3v) is 4.79. The molecule has 1 heterocycles. The second-order valence-corrected chi connectivity index (χ2v) is 6.44. The molecule has 1 amide bonds. The molecule has 1 aliphatic rings. The second kappa shape index (κ2) is 7.29. The first-order valence-corrected chi connectivity index (χ1v) is 8.09. The monoisotopic (exact) mass is 316 g/mol. The predicted octanol–water partition coefficient (Wildman–Crippen LogP) is 2.53. The van der Waals surface area contributed by atoms with Crippen molar-refractivity contribution >= 4 is 29.3 Å². The highest BCUT2D eigenvalue weighted by Crippen LogP contribution is 2.21. The first-order valence-electron chi connectivity index (χ1n) is 6.56. The number of carbonyl (C=O) groups excluding carboxylic acids is 1. The second-order valence-electron chi connectivity index (χ2n) is 4.88. The molecule has 3 nitrogen and oxygen atoms in total. The zero-order chi connectivity index (χ0) is 14.5. The van der Waals surface area contributed by atoms with Gasteiger partial charge in [-0.3, -0.25) is 4.79 Å². The highest BCUT2D eigenvalue weighted by atomic mass is 35.5. The molecule has 1 aromatic rings. The molecule has 110 valence electrons. The van der Waals surface area contributed by atoms with Gasteiger partial charge in [0.05, 0.1) is 0 Å². The van der Waals surface area contributed by atoms with Gasteiger partial charge in [0.25, 0.3) is 0 Å². The van der Waals surface area contributed by atoms with Crippen LogP contribution < -0.4 is 5.32 Å². The van der Waals surface area contributed by atoms with Crippen LogP contribution in [-0.2, 0) is 11.3 Å². The molecule has 1 aromatic carbocycles. The Hall–Kier alpha value is -0.780. The fraction of sp³-hybridized carbons (Fsp3) is 0.500. The van der Waals surface area contributed by atoms with Gasteiger partial charge in [-0.2, -0.15) is 11.8 Å². The van der Waals surface area contributed by atoms with Crippen molar-refractivity contribution in [1.82, 2.24) is 10.2 Å². The molecule has 1 saturated heterocycles. The Morgan fingerprint density at radius 1 is 1.60 bits per heavy atom. The van der Waals surface area contributed by atoms with Crippen LogP contribution in [0.3, 0.4) is 0 Å². The number of thioether (sulfide) groups is 1. The summed E-state index contributed by atoms with van der Waals surface area (Å²) < 4.78 is 13.7. The highest BCUT2D eigenvalue weighted by molar-refractivity contribution is 7.99. The Morgan fingerprint density at radius 2 is 2.40 bits per heavy atom. The van der Waals surface area contributed by atoms with E-state index in [0.29, 0.717) is 17.0 Å². The van der Waals surface area contributed by atoms with Crippen molar-refractivity contribution in [3.05, 3.63) is 34.6 Å². The summed E-state index contributed by atoms with van der Waals surface area (Å²) in [4.78, 5) is 13.7. The molecule has 2 rings (SSSR count). The Bertz CT molecular complexity index is 460. The molecular weight excluding hydrogens is 299 g/mol. The molecule has 0 spiro atoms. The van der Waals surface area contributed by atoms with Gasteiger partial charge in [-0.1, -0.05) is 17.7 Å². The maximum Gasteiger partial charge on any atom is 0.224 e. The van der Waals surface area contributed by atoms with Gasteiger partial charge in [-0.05, 0) is 12.1 Å². The molecule has 6 heteroatoms. The van der Waals surface area contributed by atoms with Gasteiger partial charge in [0, 0.05) is 54.7 Å². The number of rotatable bonds is 4. The molecule has 0 aromatic heterocycles. The number of carbonyl (C=O) groups is 1. The summed E-state index contributed by atoms with van der Waals surface area (Å²) >= 11 is 7.83. The van der Waals surface area contributed by atoms with Crippen molar-refractivity contribution in [2.45, 2.75) is 19.0 Å². The molecular formula is C14H18ClFN2OS. The van der Waals surface area contributed by atoms with Gasteiger partial charge < -0.3 is 10.2 Å². The molecule has 0 saturated carbocycles. The smallest absolute Gasteiger partial charge is 0.224 e. The molecule has 1 aliphatic heterocycles. The number of nitrogens with one attached hydrogen (secondary N) is 1. The van der Waals surface area contributed by atoms with Gasteiger partial charge in [-0.25, -0.2) is 4.39 Å². The number of benzene rings is 1. The van der Waals surface area contributed by atoms with E-state index in [0.717, 1.165) is 18.1 Å². The van der Waals surface area contributed by atoms with Crippen molar-refractivity contribution in [3.8, 4) is 0 Å². The average molecular weight is 317 g/mol. The lowest BCUT2D eigenvalue weighted by molar-refractivity contribution is -0.130. The van der Waals surface area contributed by atoms with Gasteiger partial charge in [-0.15, -0.1) is 0 Å². The average Bonchev–Trinajstić information content (AvgIpc) is 2.44. The number of amides is 1. The van der Waals surface area contributed by atoms with Crippen molar-refractivity contribution in [1.29, 1.82) is 0 Å². The fourth-order valence-corrected chi connectivity index (χ4v) is 3.30. The van der Waals surface area contributed by atoms with Crippen LogP contribution in [-0.4, -0.2) is 41.9 Å². The molecule has 1 unspecified atom stereocenters. The third kappa shape index (κ3) is 4.11. The number of hydrogen-bond acceptors (Lipinski definition) is 3. The van der Waals surface area contributed by atoms with E-state index in [1.54, 1.807) is 19.2 Å². The Labute approximate surface area is 127 Å². The molecule has 0 radical (unpaired) electrons. The van der Waals surface area contributed by atoms with E-state index in [1.165, 1.54) is 11.0 Å². The number of hydrogen-bond donors (Lipinski definition) is 1. The minimum atomic E-state index is -0.372. The van der Waals surface area contributed by atoms with Crippen LogP contribution >= 0.6 is 23.4 Å². The van der Waals surface area contributed by atoms with Gasteiger partial charge >= 0.3 is 0 Å². The summed E-state index contributed by atoms with van der Waals surface area (Å²) in [6.07, 6.45) is 0.440. The van der Waals surface area contributed by atoms with E-state index in [4.69, 9.17) is 11.6 Å². The maximum atomic E-state index is 13.7. The maximum absolute atomic E-state index is 13.7. The van der Waals surface area contributed by atoms with Crippen molar-refractivity contribution in [2.24, 2.45) is 0 Å². The number of nitrogens with zero attached hydrogens (tertiary/aromatic N) is 1. The van der Waals surface area contributed by atoms with E-state index < -0.39 is 0 Å². The van der Waals surface area contributed by atoms with Gasteiger partial charge in [0.15, 0.2) is 0 Å². The Balaban J connectivity index is 1.93. The molecule has 0 bridgehead atoms. The highest BCUT2D eigenvalue weighted by Gasteiger charge is 2.20. The molecule has 1 fully saturated rings. The Morgan fingerprint density at radius 3 is 3.05 bits per heavy atom. The van der Waals surface area contributed by atoms with Crippen molar-refractivity contribution in [3.63, 3.8) is 0 Å². The van der Waals surface area contributed by atoms with E-state index >= 15 is 0 Å². The van der Waals surface area contributed by atoms with Crippen LogP contribution in [0.2, 0.25) is 5.02 Å². The summed E-state index contributed by atoms with van der Waals surface area (Å²) in [6, 6.07) is 4.77. The standard InChI is InChI=1S/C14H18ClFN2OS/c1-18(8-11-12(15)3-2-4-13(11)16)14(19)7-10-9-20-6-5-17-10/h2-4,10,17H,5-9H2,1H3. The summed E-state index contributed by atoms with van der Waals surface area (Å²) in [6.45, 7) is 1.13. The topological polar surface area (TPSA) is 32.3 Å². The van der Waals surface area contributed by atoms with Crippen molar-refractivity contribution < 1.29 is 9.18 Å². The quantitative estimate of drug-likeness (QED) is 0.926. The summed E-state index contributed by atoms with van der Waals surface area (Å²) in [5, 5.41) is 3.68. The molecule has 1 N–H and O–H groups in total. The van der Waals surface area contributed by atoms with E-state index in [2.05, 4.69) is 5.32 Å². The minimum Gasteiger partial charge on any atom is -0.341 e. The number of halogens is 2. The zero-order valence-corrected chi connectivity index (χ0v) is 12.9. The fourth-order valence-electron chi connectivity index (χ4n) is 2.13. The minimum absolute atomic E-state index is 0.00400. The zero-order valence-electron chi connectivity index (χ0n) is 11.4. The molecule has 0 aliphatic carbocycles. The molecule has 20 heavy (non-hydrogen) atoms. The predicted molar refractivity (Wildman–Crippen MR) is 81.6 cm³/mol. The summed E-state index contributed by atoms with van der Waals surface area (Å²) in [5.74, 6) is 1.67. The first-order chi connectivity index (χ1) is 9.58. The van der Waals surface area contributed by atoms with Gasteiger partial charge in [0.2, 0.25) is 5.91 Å². The summed E-state index contributed by atoms with van der Waals surface area (Å²) in [5.41, 5.74) is 0.371. The van der Waals surface area contributed by atoms with Crippen LogP contribution in [0.5, 0.6) is 0 Å². The third-order valence-electron chi connectivity index (χ3n) is 3.30. The first kappa shape index (κ1) is 15.6. The van der Waals surface area contributed by atoms with E-state index in [1.807, 2.05) is 11.8 Å². The van der Waals surface area contributed by atoms with Crippen molar-refractivity contribution in [2.75, 3.05) is 25.1 Å².